The highest BCUT2D eigenvalue weighted by atomic mass is 127. The Morgan fingerprint density at radius 3 is 2.50 bits per heavy atom. The molecule has 0 spiro atoms. The van der Waals surface area contributed by atoms with E-state index in [0.29, 0.717) is 38.4 Å². The summed E-state index contributed by atoms with van der Waals surface area (Å²) in [5, 5.41) is 7.31. The van der Waals surface area contributed by atoms with Crippen molar-refractivity contribution < 1.29 is 17.7 Å². The first kappa shape index (κ1) is 25.3. The van der Waals surface area contributed by atoms with Gasteiger partial charge in [0.25, 0.3) is 0 Å². The molecule has 1 aliphatic carbocycles. The van der Waals surface area contributed by atoms with Gasteiger partial charge in [-0.15, -0.1) is 24.0 Å². The van der Waals surface area contributed by atoms with E-state index in [4.69, 9.17) is 9.26 Å². The molecule has 0 aromatic carbocycles. The number of aromatic nitrogens is 1. The van der Waals surface area contributed by atoms with Gasteiger partial charge in [-0.25, -0.2) is 8.42 Å². The van der Waals surface area contributed by atoms with E-state index in [1.807, 2.05) is 6.92 Å². The summed E-state index contributed by atoms with van der Waals surface area (Å²) in [4.78, 5) is 6.80. The van der Waals surface area contributed by atoms with Crippen LogP contribution in [0.25, 0.3) is 0 Å². The maximum atomic E-state index is 12.6. The van der Waals surface area contributed by atoms with E-state index in [0.717, 1.165) is 12.4 Å². The molecule has 11 heteroatoms. The van der Waals surface area contributed by atoms with Crippen LogP contribution in [0.1, 0.15) is 39.8 Å². The Morgan fingerprint density at radius 2 is 2.00 bits per heavy atom. The predicted octanol–water partition coefficient (Wildman–Crippen LogP) is 1.91. The quantitative estimate of drug-likeness (QED) is 0.325. The van der Waals surface area contributed by atoms with Crippen LogP contribution in [0.5, 0.6) is 0 Å². The first-order valence-corrected chi connectivity index (χ1v) is 11.7. The van der Waals surface area contributed by atoms with E-state index in [9.17, 15) is 8.42 Å². The second kappa shape index (κ2) is 9.70. The third kappa shape index (κ3) is 4.94. The molecule has 3 rings (SSSR count). The number of guanidine groups is 1. The van der Waals surface area contributed by atoms with Gasteiger partial charge in [-0.3, -0.25) is 4.99 Å². The van der Waals surface area contributed by atoms with Crippen molar-refractivity contribution in [2.45, 2.75) is 51.5 Å². The Bertz CT molecular complexity index is 822. The van der Waals surface area contributed by atoms with Gasteiger partial charge < -0.3 is 19.5 Å². The van der Waals surface area contributed by atoms with Crippen molar-refractivity contribution in [1.29, 1.82) is 0 Å². The number of ether oxygens (including phenoxy) is 1. The summed E-state index contributed by atoms with van der Waals surface area (Å²) in [5.41, 5.74) is 0.241. The molecule has 0 radical (unpaired) electrons. The molecule has 2 atom stereocenters. The van der Waals surface area contributed by atoms with Gasteiger partial charge in [-0.05, 0) is 20.3 Å². The zero-order valence-corrected chi connectivity index (χ0v) is 21.6. The zero-order chi connectivity index (χ0) is 21.3. The van der Waals surface area contributed by atoms with E-state index in [1.54, 1.807) is 13.2 Å². The molecule has 2 unspecified atom stereocenters. The zero-order valence-electron chi connectivity index (χ0n) is 18.4. The van der Waals surface area contributed by atoms with Crippen LogP contribution in [0.15, 0.2) is 21.8 Å². The van der Waals surface area contributed by atoms with E-state index in [1.165, 1.54) is 10.6 Å². The van der Waals surface area contributed by atoms with E-state index in [2.05, 4.69) is 41.1 Å². The van der Waals surface area contributed by atoms with Crippen molar-refractivity contribution in [1.82, 2.24) is 19.7 Å². The normalized spacial score (nSPS) is 27.3. The van der Waals surface area contributed by atoms with Crippen molar-refractivity contribution in [3.8, 4) is 0 Å². The fourth-order valence-corrected chi connectivity index (χ4v) is 5.46. The molecule has 9 nitrogen and oxygen atoms in total. The van der Waals surface area contributed by atoms with Gasteiger partial charge in [0.2, 0.25) is 10.0 Å². The number of rotatable bonds is 6. The fourth-order valence-electron chi connectivity index (χ4n) is 4.03. The van der Waals surface area contributed by atoms with Gasteiger partial charge in [0.05, 0.1) is 11.3 Å². The van der Waals surface area contributed by atoms with Gasteiger partial charge in [0, 0.05) is 57.4 Å². The Morgan fingerprint density at radius 1 is 1.33 bits per heavy atom. The second-order valence-electron chi connectivity index (χ2n) is 8.49. The van der Waals surface area contributed by atoms with Crippen LogP contribution in [0, 0.1) is 5.41 Å². The summed E-state index contributed by atoms with van der Waals surface area (Å²) in [6.45, 7) is 11.3. The number of piperazine rings is 1. The van der Waals surface area contributed by atoms with Gasteiger partial charge in [0.15, 0.2) is 5.96 Å². The van der Waals surface area contributed by atoms with Crippen molar-refractivity contribution in [2.75, 3.05) is 39.8 Å². The minimum atomic E-state index is -3.41. The van der Waals surface area contributed by atoms with Crippen molar-refractivity contribution in [2.24, 2.45) is 10.4 Å². The monoisotopic (exact) mass is 555 g/mol. The molecule has 1 saturated heterocycles. The average Bonchev–Trinajstić information content (AvgIpc) is 3.19. The molecule has 0 amide bonds. The predicted molar refractivity (Wildman–Crippen MR) is 126 cm³/mol. The van der Waals surface area contributed by atoms with E-state index in [-0.39, 0.29) is 46.8 Å². The molecule has 172 valence electrons. The van der Waals surface area contributed by atoms with Crippen LogP contribution in [0.2, 0.25) is 0 Å². The van der Waals surface area contributed by atoms with Crippen molar-refractivity contribution >= 4 is 40.0 Å². The number of halogens is 1. The maximum Gasteiger partial charge on any atom is 0.220 e. The minimum Gasteiger partial charge on any atom is -0.378 e. The summed E-state index contributed by atoms with van der Waals surface area (Å²) in [6.07, 6.45) is 2.30. The molecule has 1 aliphatic heterocycles. The van der Waals surface area contributed by atoms with E-state index < -0.39 is 10.0 Å². The Balaban J connectivity index is 0.00000320. The first-order chi connectivity index (χ1) is 13.6. The maximum absolute atomic E-state index is 12.6. The molecule has 2 aliphatic rings. The van der Waals surface area contributed by atoms with Crippen molar-refractivity contribution in [3.63, 3.8) is 0 Å². The Kier molecular flexibility index (Phi) is 8.19. The van der Waals surface area contributed by atoms with Gasteiger partial charge in [0.1, 0.15) is 12.0 Å². The lowest BCUT2D eigenvalue weighted by Crippen LogP contribution is -2.70. The van der Waals surface area contributed by atoms with Crippen LogP contribution in [0.3, 0.4) is 0 Å². The topological polar surface area (TPSA) is 100 Å². The molecule has 1 N–H and O–H groups in total. The highest BCUT2D eigenvalue weighted by molar-refractivity contribution is 14.0. The molecular formula is C19H34IN5O4S. The average molecular weight is 555 g/mol. The third-order valence-corrected chi connectivity index (χ3v) is 8.46. The highest BCUT2D eigenvalue weighted by Crippen LogP contribution is 2.51. The number of methoxy groups -OCH3 is 1. The molecule has 1 saturated carbocycles. The van der Waals surface area contributed by atoms with Crippen LogP contribution in [0.4, 0.5) is 0 Å². The van der Waals surface area contributed by atoms with Crippen LogP contribution in [-0.4, -0.2) is 80.2 Å². The Hall–Kier alpha value is -0.920. The standard InChI is InChI=1S/C19H33N5O4S.HI/c1-6-20-17(21-16-13-19(4,27-5)18(16,2)3)23-8-10-24(11-9-23)29(25,26)14-15-7-12-28-22-15;/h7,12,16H,6,8-11,13-14H2,1-5H3,(H,20,21);1H. The number of hydrogen-bond donors (Lipinski definition) is 1. The molecule has 1 aromatic rings. The number of aliphatic imine (C=N–C) groups is 1. The number of sulfonamides is 1. The molecular weight excluding hydrogens is 521 g/mol. The number of hydrogen-bond acceptors (Lipinski definition) is 6. The molecule has 2 fully saturated rings. The smallest absolute Gasteiger partial charge is 0.220 e. The van der Waals surface area contributed by atoms with E-state index >= 15 is 0 Å². The molecule has 0 bridgehead atoms. The fraction of sp³-hybridized carbons (Fsp3) is 0.789. The lowest BCUT2D eigenvalue weighted by Gasteiger charge is -2.59. The summed E-state index contributed by atoms with van der Waals surface area (Å²) >= 11 is 0. The van der Waals surface area contributed by atoms with Crippen LogP contribution in [-0.2, 0) is 20.5 Å². The summed E-state index contributed by atoms with van der Waals surface area (Å²) < 4.78 is 37.3. The number of nitrogens with zero attached hydrogens (tertiary/aromatic N) is 4. The SMILES string of the molecule is CCN=C(NC1CC(C)(OC)C1(C)C)N1CCN(S(=O)(=O)Cc2ccon2)CC1.I. The summed E-state index contributed by atoms with van der Waals surface area (Å²) in [5.74, 6) is 0.709. The lowest BCUT2D eigenvalue weighted by atomic mass is 9.56. The van der Waals surface area contributed by atoms with Gasteiger partial charge in [-0.1, -0.05) is 19.0 Å². The van der Waals surface area contributed by atoms with Crippen LogP contribution < -0.4 is 5.32 Å². The van der Waals surface area contributed by atoms with Gasteiger partial charge in [-0.2, -0.15) is 4.31 Å². The largest absolute Gasteiger partial charge is 0.378 e. The second-order valence-corrected chi connectivity index (χ2v) is 10.5. The first-order valence-electron chi connectivity index (χ1n) is 10.1. The van der Waals surface area contributed by atoms with Crippen LogP contribution >= 0.6 is 24.0 Å². The molecule has 2 heterocycles. The van der Waals surface area contributed by atoms with Crippen molar-refractivity contribution in [3.05, 3.63) is 18.0 Å². The molecule has 1 aromatic heterocycles. The summed E-state index contributed by atoms with van der Waals surface area (Å²) in [7, 11) is -1.65. The third-order valence-electron chi connectivity index (χ3n) is 6.64. The Labute approximate surface area is 196 Å². The summed E-state index contributed by atoms with van der Waals surface area (Å²) in [6, 6.07) is 1.84. The highest BCUT2D eigenvalue weighted by Gasteiger charge is 2.58. The minimum absolute atomic E-state index is 0. The lowest BCUT2D eigenvalue weighted by molar-refractivity contribution is -0.177. The van der Waals surface area contributed by atoms with Gasteiger partial charge >= 0.3 is 0 Å². The number of nitrogens with one attached hydrogen (secondary N) is 1. The molecule has 30 heavy (non-hydrogen) atoms.